The Morgan fingerprint density at radius 2 is 2.06 bits per heavy atom. The standard InChI is InChI=1S/C24H25N7OS/c1-15-11-16(19-9-10-25-24(30-19)28-18-13-27-31(2)14-18)7-8-17(15)12-26-22(32)23-29-20-5-3-4-6-21(20)33-23/h7-11,13-14H,3-6,12H2,1-2H3,(H,26,32)(H,25,28,30). The molecule has 0 fully saturated rings. The van der Waals surface area contributed by atoms with Crippen LogP contribution in [0.4, 0.5) is 11.6 Å². The lowest BCUT2D eigenvalue weighted by Crippen LogP contribution is -2.23. The number of benzene rings is 1. The number of amides is 1. The van der Waals surface area contributed by atoms with Crippen LogP contribution < -0.4 is 10.6 Å². The maximum atomic E-state index is 12.6. The number of aryl methyl sites for hydroxylation is 4. The van der Waals surface area contributed by atoms with Crippen molar-refractivity contribution < 1.29 is 4.79 Å². The summed E-state index contributed by atoms with van der Waals surface area (Å²) in [6.45, 7) is 2.51. The molecule has 0 spiro atoms. The van der Waals surface area contributed by atoms with Gasteiger partial charge in [-0.3, -0.25) is 9.48 Å². The average Bonchev–Trinajstić information content (AvgIpc) is 3.44. The predicted molar refractivity (Wildman–Crippen MR) is 129 cm³/mol. The van der Waals surface area contributed by atoms with Gasteiger partial charge in [0, 0.05) is 36.4 Å². The maximum Gasteiger partial charge on any atom is 0.280 e. The molecule has 0 unspecified atom stereocenters. The molecule has 0 aliphatic heterocycles. The van der Waals surface area contributed by atoms with Crippen molar-refractivity contribution in [2.45, 2.75) is 39.2 Å². The SMILES string of the molecule is Cc1cc(-c2ccnc(Nc3cnn(C)c3)n2)ccc1CNC(=O)c1nc2c(s1)CCCC2. The van der Waals surface area contributed by atoms with E-state index in [0.717, 1.165) is 53.0 Å². The summed E-state index contributed by atoms with van der Waals surface area (Å²) < 4.78 is 1.72. The molecular formula is C24H25N7OS. The van der Waals surface area contributed by atoms with Gasteiger partial charge < -0.3 is 10.6 Å². The largest absolute Gasteiger partial charge is 0.346 e. The van der Waals surface area contributed by atoms with Gasteiger partial charge in [-0.2, -0.15) is 5.10 Å². The lowest BCUT2D eigenvalue weighted by molar-refractivity contribution is 0.0950. The minimum absolute atomic E-state index is 0.0974. The number of fused-ring (bicyclic) bond motifs is 1. The molecule has 0 saturated heterocycles. The highest BCUT2D eigenvalue weighted by Crippen LogP contribution is 2.27. The molecule has 0 bridgehead atoms. The van der Waals surface area contributed by atoms with E-state index >= 15 is 0 Å². The first-order chi connectivity index (χ1) is 16.0. The molecule has 2 N–H and O–H groups in total. The van der Waals surface area contributed by atoms with Gasteiger partial charge in [-0.15, -0.1) is 11.3 Å². The summed E-state index contributed by atoms with van der Waals surface area (Å²) in [6.07, 6.45) is 9.71. The van der Waals surface area contributed by atoms with Crippen LogP contribution in [0.1, 0.15) is 44.3 Å². The normalized spacial score (nSPS) is 12.9. The fourth-order valence-corrected chi connectivity index (χ4v) is 5.01. The quantitative estimate of drug-likeness (QED) is 0.449. The van der Waals surface area contributed by atoms with Crippen molar-refractivity contribution in [1.82, 2.24) is 30.0 Å². The average molecular weight is 460 g/mol. The third-order valence-corrected chi connectivity index (χ3v) is 6.89. The van der Waals surface area contributed by atoms with E-state index in [1.54, 1.807) is 17.1 Å². The zero-order valence-electron chi connectivity index (χ0n) is 18.6. The number of aromatic nitrogens is 5. The number of rotatable bonds is 6. The van der Waals surface area contributed by atoms with Crippen molar-refractivity contribution in [3.05, 3.63) is 69.6 Å². The minimum atomic E-state index is -0.0974. The van der Waals surface area contributed by atoms with Gasteiger partial charge in [0.25, 0.3) is 5.91 Å². The van der Waals surface area contributed by atoms with Crippen LogP contribution in [-0.2, 0) is 26.4 Å². The van der Waals surface area contributed by atoms with Gasteiger partial charge in [-0.05, 0) is 55.9 Å². The van der Waals surface area contributed by atoms with Crippen LogP contribution in [0.25, 0.3) is 11.3 Å². The van der Waals surface area contributed by atoms with Crippen molar-refractivity contribution in [3.8, 4) is 11.3 Å². The Morgan fingerprint density at radius 3 is 2.85 bits per heavy atom. The first kappa shape index (κ1) is 21.3. The van der Waals surface area contributed by atoms with Gasteiger partial charge in [0.15, 0.2) is 5.01 Å². The smallest absolute Gasteiger partial charge is 0.280 e. The second kappa shape index (κ2) is 9.11. The molecule has 5 rings (SSSR count). The number of hydrogen-bond acceptors (Lipinski definition) is 7. The van der Waals surface area contributed by atoms with E-state index in [0.29, 0.717) is 17.5 Å². The Kier molecular flexibility index (Phi) is 5.87. The Morgan fingerprint density at radius 1 is 1.18 bits per heavy atom. The molecule has 33 heavy (non-hydrogen) atoms. The van der Waals surface area contributed by atoms with Crippen LogP contribution in [0.2, 0.25) is 0 Å². The summed E-state index contributed by atoms with van der Waals surface area (Å²) in [4.78, 5) is 27.4. The number of carbonyl (C=O) groups excluding carboxylic acids is 1. The molecule has 1 aliphatic rings. The lowest BCUT2D eigenvalue weighted by atomic mass is 10.0. The first-order valence-corrected chi connectivity index (χ1v) is 11.8. The van der Waals surface area contributed by atoms with Crippen molar-refractivity contribution in [3.63, 3.8) is 0 Å². The van der Waals surface area contributed by atoms with Crippen LogP contribution in [-0.4, -0.2) is 30.6 Å². The van der Waals surface area contributed by atoms with Crippen molar-refractivity contribution in [2.24, 2.45) is 7.05 Å². The molecular weight excluding hydrogens is 434 g/mol. The number of thiazole rings is 1. The molecule has 0 saturated carbocycles. The number of hydrogen-bond donors (Lipinski definition) is 2. The first-order valence-electron chi connectivity index (χ1n) is 11.0. The monoisotopic (exact) mass is 459 g/mol. The zero-order chi connectivity index (χ0) is 22.8. The maximum absolute atomic E-state index is 12.6. The summed E-state index contributed by atoms with van der Waals surface area (Å²) >= 11 is 1.54. The van der Waals surface area contributed by atoms with E-state index in [-0.39, 0.29) is 5.91 Å². The molecule has 8 nitrogen and oxygen atoms in total. The van der Waals surface area contributed by atoms with Crippen molar-refractivity contribution in [1.29, 1.82) is 0 Å². The van der Waals surface area contributed by atoms with Crippen LogP contribution in [0.5, 0.6) is 0 Å². The predicted octanol–water partition coefficient (Wildman–Crippen LogP) is 4.19. The topological polar surface area (TPSA) is 97.6 Å². The van der Waals surface area contributed by atoms with Crippen LogP contribution in [0.3, 0.4) is 0 Å². The summed E-state index contributed by atoms with van der Waals surface area (Å²) in [6, 6.07) is 8.02. The molecule has 1 amide bonds. The summed E-state index contributed by atoms with van der Waals surface area (Å²) in [5.41, 5.74) is 5.91. The summed E-state index contributed by atoms with van der Waals surface area (Å²) in [5, 5.41) is 10.9. The molecule has 3 aromatic heterocycles. The van der Waals surface area contributed by atoms with Gasteiger partial charge in [-0.1, -0.05) is 12.1 Å². The number of nitrogens with one attached hydrogen (secondary N) is 2. The lowest BCUT2D eigenvalue weighted by Gasteiger charge is -2.10. The van der Waals surface area contributed by atoms with E-state index in [1.165, 1.54) is 22.6 Å². The molecule has 0 radical (unpaired) electrons. The molecule has 1 aliphatic carbocycles. The Balaban J connectivity index is 1.26. The number of carbonyl (C=O) groups is 1. The third kappa shape index (κ3) is 4.78. The molecule has 9 heteroatoms. The van der Waals surface area contributed by atoms with Crippen LogP contribution in [0.15, 0.2) is 42.9 Å². The van der Waals surface area contributed by atoms with E-state index in [1.807, 2.05) is 38.4 Å². The van der Waals surface area contributed by atoms with Crippen LogP contribution >= 0.6 is 11.3 Å². The second-order valence-electron chi connectivity index (χ2n) is 8.21. The zero-order valence-corrected chi connectivity index (χ0v) is 19.4. The highest BCUT2D eigenvalue weighted by Gasteiger charge is 2.19. The second-order valence-corrected chi connectivity index (χ2v) is 9.30. The highest BCUT2D eigenvalue weighted by molar-refractivity contribution is 7.13. The summed E-state index contributed by atoms with van der Waals surface area (Å²) in [5.74, 6) is 0.417. The molecule has 168 valence electrons. The molecule has 0 atom stereocenters. The van der Waals surface area contributed by atoms with Crippen molar-refractivity contribution >= 4 is 28.9 Å². The van der Waals surface area contributed by atoms with E-state index in [4.69, 9.17) is 0 Å². The van der Waals surface area contributed by atoms with Crippen molar-refractivity contribution in [2.75, 3.05) is 5.32 Å². The molecule has 4 aromatic rings. The Bertz CT molecular complexity index is 1290. The van der Waals surface area contributed by atoms with Gasteiger partial charge in [-0.25, -0.2) is 15.0 Å². The minimum Gasteiger partial charge on any atom is -0.346 e. The third-order valence-electron chi connectivity index (χ3n) is 5.73. The van der Waals surface area contributed by atoms with Gasteiger partial charge in [0.2, 0.25) is 5.95 Å². The fraction of sp³-hybridized carbons (Fsp3) is 0.292. The number of anilines is 2. The van der Waals surface area contributed by atoms with Gasteiger partial charge in [0.05, 0.1) is 23.3 Å². The Hall–Kier alpha value is -3.59. The highest BCUT2D eigenvalue weighted by atomic mass is 32.1. The Labute approximate surface area is 196 Å². The molecule has 1 aromatic carbocycles. The van der Waals surface area contributed by atoms with E-state index in [9.17, 15) is 4.79 Å². The fourth-order valence-electron chi connectivity index (χ4n) is 3.95. The van der Waals surface area contributed by atoms with E-state index < -0.39 is 0 Å². The van der Waals surface area contributed by atoms with Gasteiger partial charge >= 0.3 is 0 Å². The molecule has 3 heterocycles. The van der Waals surface area contributed by atoms with Gasteiger partial charge in [0.1, 0.15) is 0 Å². The summed E-state index contributed by atoms with van der Waals surface area (Å²) in [7, 11) is 1.86. The van der Waals surface area contributed by atoms with Crippen LogP contribution in [0, 0.1) is 6.92 Å². The number of nitrogens with zero attached hydrogens (tertiary/aromatic N) is 5. The van der Waals surface area contributed by atoms with E-state index in [2.05, 4.69) is 36.8 Å².